The van der Waals surface area contributed by atoms with Gasteiger partial charge in [-0.1, -0.05) is 15.9 Å². The Morgan fingerprint density at radius 1 is 1.47 bits per heavy atom. The molecule has 0 unspecified atom stereocenters. The summed E-state index contributed by atoms with van der Waals surface area (Å²) in [6.07, 6.45) is 0. The van der Waals surface area contributed by atoms with Gasteiger partial charge in [-0.2, -0.15) is 0 Å². The molecule has 7 heteroatoms. The van der Waals surface area contributed by atoms with Crippen LogP contribution in [0.3, 0.4) is 0 Å². The van der Waals surface area contributed by atoms with Crippen molar-refractivity contribution in [2.75, 3.05) is 0 Å². The molecule has 0 amide bonds. The van der Waals surface area contributed by atoms with E-state index in [1.807, 2.05) is 0 Å². The zero-order chi connectivity index (χ0) is 12.7. The molecular formula is C10H8BrN3O3. The molecule has 17 heavy (non-hydrogen) atoms. The zero-order valence-corrected chi connectivity index (χ0v) is 10.7. The Kier molecular flexibility index (Phi) is 2.70. The number of benzene rings is 1. The molecule has 0 saturated carbocycles. The van der Waals surface area contributed by atoms with Gasteiger partial charge in [-0.15, -0.1) is 0 Å². The maximum atomic E-state index is 12.0. The van der Waals surface area contributed by atoms with Gasteiger partial charge in [0.05, 0.1) is 10.3 Å². The standard InChI is InChI=1S/C10H8BrN3O3/c1-5-12-9-7(10(15)13(5)2)3-6(11)4-8(9)14(16)17/h3-4H,1-2H3. The van der Waals surface area contributed by atoms with Crippen LogP contribution < -0.4 is 5.56 Å². The molecule has 0 atom stereocenters. The lowest BCUT2D eigenvalue weighted by molar-refractivity contribution is -0.383. The summed E-state index contributed by atoms with van der Waals surface area (Å²) in [6, 6.07) is 2.88. The van der Waals surface area contributed by atoms with Gasteiger partial charge in [-0.25, -0.2) is 4.98 Å². The first-order valence-corrected chi connectivity index (χ1v) is 5.52. The third-order valence-corrected chi connectivity index (χ3v) is 3.00. The van der Waals surface area contributed by atoms with Gasteiger partial charge in [0.1, 0.15) is 5.82 Å². The van der Waals surface area contributed by atoms with Gasteiger partial charge in [0.2, 0.25) is 0 Å². The Morgan fingerprint density at radius 3 is 2.71 bits per heavy atom. The number of halogens is 1. The Morgan fingerprint density at radius 2 is 2.12 bits per heavy atom. The summed E-state index contributed by atoms with van der Waals surface area (Å²) in [7, 11) is 1.58. The molecule has 6 nitrogen and oxygen atoms in total. The van der Waals surface area contributed by atoms with Crippen molar-refractivity contribution in [3.8, 4) is 0 Å². The Balaban J connectivity index is 3.05. The SMILES string of the molecule is Cc1nc2c([N+](=O)[O-])cc(Br)cc2c(=O)n1C. The van der Waals surface area contributed by atoms with Crippen LogP contribution in [0.1, 0.15) is 5.82 Å². The van der Waals surface area contributed by atoms with E-state index in [-0.39, 0.29) is 22.1 Å². The highest BCUT2D eigenvalue weighted by Crippen LogP contribution is 2.26. The first kappa shape index (κ1) is 11.7. The molecule has 0 bridgehead atoms. The first-order valence-electron chi connectivity index (χ1n) is 4.73. The van der Waals surface area contributed by atoms with Crippen LogP contribution in [0, 0.1) is 17.0 Å². The van der Waals surface area contributed by atoms with Crippen LogP contribution in [0.15, 0.2) is 21.4 Å². The van der Waals surface area contributed by atoms with Crippen LogP contribution in [-0.2, 0) is 7.05 Å². The van der Waals surface area contributed by atoms with E-state index in [0.29, 0.717) is 10.3 Å². The second-order valence-corrected chi connectivity index (χ2v) is 4.52. The Hall–Kier alpha value is -1.76. The quantitative estimate of drug-likeness (QED) is 0.595. The lowest BCUT2D eigenvalue weighted by atomic mass is 10.2. The number of hydrogen-bond acceptors (Lipinski definition) is 4. The summed E-state index contributed by atoms with van der Waals surface area (Å²) in [5.41, 5.74) is -0.342. The molecular weight excluding hydrogens is 290 g/mol. The molecule has 88 valence electrons. The van der Waals surface area contributed by atoms with Crippen molar-refractivity contribution in [2.45, 2.75) is 6.92 Å². The van der Waals surface area contributed by atoms with Crippen molar-refractivity contribution >= 4 is 32.5 Å². The largest absolute Gasteiger partial charge is 0.299 e. The van der Waals surface area contributed by atoms with Crippen molar-refractivity contribution in [1.29, 1.82) is 0 Å². The van der Waals surface area contributed by atoms with Crippen molar-refractivity contribution in [2.24, 2.45) is 7.05 Å². The molecule has 0 aliphatic rings. The predicted molar refractivity (Wildman–Crippen MR) is 66.1 cm³/mol. The Labute approximate surface area is 104 Å². The number of non-ortho nitro benzene ring substituents is 1. The average Bonchev–Trinajstić information content (AvgIpc) is 2.26. The second kappa shape index (κ2) is 3.92. The predicted octanol–water partition coefficient (Wildman–Crippen LogP) is 1.91. The van der Waals surface area contributed by atoms with Crippen LogP contribution in [0.5, 0.6) is 0 Å². The van der Waals surface area contributed by atoms with Crippen LogP contribution in [-0.4, -0.2) is 14.5 Å². The van der Waals surface area contributed by atoms with Crippen LogP contribution in [0.2, 0.25) is 0 Å². The fraction of sp³-hybridized carbons (Fsp3) is 0.200. The minimum absolute atomic E-state index is 0.124. The number of rotatable bonds is 1. The molecule has 1 aromatic heterocycles. The van der Waals surface area contributed by atoms with E-state index in [0.717, 1.165) is 0 Å². The minimum atomic E-state index is -0.543. The maximum Gasteiger partial charge on any atom is 0.296 e. The summed E-state index contributed by atoms with van der Waals surface area (Å²) < 4.78 is 1.85. The molecule has 2 rings (SSSR count). The lowest BCUT2D eigenvalue weighted by Gasteiger charge is -2.05. The molecule has 0 aliphatic heterocycles. The number of aromatic nitrogens is 2. The fourth-order valence-corrected chi connectivity index (χ4v) is 2.01. The lowest BCUT2D eigenvalue weighted by Crippen LogP contribution is -2.20. The third-order valence-electron chi connectivity index (χ3n) is 2.55. The van der Waals surface area contributed by atoms with Crippen molar-refractivity contribution in [3.05, 3.63) is 42.9 Å². The Bertz CT molecular complexity index is 693. The van der Waals surface area contributed by atoms with Gasteiger partial charge in [0.25, 0.3) is 11.2 Å². The van der Waals surface area contributed by atoms with E-state index in [1.54, 1.807) is 14.0 Å². The van der Waals surface area contributed by atoms with E-state index in [2.05, 4.69) is 20.9 Å². The van der Waals surface area contributed by atoms with Crippen molar-refractivity contribution in [1.82, 2.24) is 9.55 Å². The van der Waals surface area contributed by atoms with Crippen molar-refractivity contribution < 1.29 is 4.92 Å². The normalized spacial score (nSPS) is 10.8. The molecule has 2 aromatic rings. The third kappa shape index (κ3) is 1.82. The van der Waals surface area contributed by atoms with Gasteiger partial charge in [0, 0.05) is 17.6 Å². The first-order chi connectivity index (χ1) is 7.91. The van der Waals surface area contributed by atoms with Gasteiger partial charge >= 0.3 is 0 Å². The molecule has 0 aliphatic carbocycles. The van der Waals surface area contributed by atoms with E-state index in [1.165, 1.54) is 16.7 Å². The molecule has 1 heterocycles. The highest BCUT2D eigenvalue weighted by molar-refractivity contribution is 9.10. The monoisotopic (exact) mass is 297 g/mol. The molecule has 0 N–H and O–H groups in total. The fourth-order valence-electron chi connectivity index (χ4n) is 1.57. The average molecular weight is 298 g/mol. The van der Waals surface area contributed by atoms with Crippen LogP contribution in [0.25, 0.3) is 10.9 Å². The highest BCUT2D eigenvalue weighted by Gasteiger charge is 2.18. The van der Waals surface area contributed by atoms with Gasteiger partial charge < -0.3 is 0 Å². The topological polar surface area (TPSA) is 78.0 Å². The maximum absolute atomic E-state index is 12.0. The number of nitro groups is 1. The van der Waals surface area contributed by atoms with E-state index < -0.39 is 4.92 Å². The molecule has 0 spiro atoms. The number of hydrogen-bond donors (Lipinski definition) is 0. The molecule has 0 fully saturated rings. The van der Waals surface area contributed by atoms with Crippen LogP contribution >= 0.6 is 15.9 Å². The summed E-state index contributed by atoms with van der Waals surface area (Å²) in [6.45, 7) is 1.63. The number of nitro benzene ring substituents is 1. The summed E-state index contributed by atoms with van der Waals surface area (Å²) in [5, 5.41) is 11.1. The molecule has 0 saturated heterocycles. The highest BCUT2D eigenvalue weighted by atomic mass is 79.9. The summed E-state index contributed by atoms with van der Waals surface area (Å²) in [4.78, 5) is 26.4. The van der Waals surface area contributed by atoms with Gasteiger partial charge in [-0.3, -0.25) is 19.5 Å². The minimum Gasteiger partial charge on any atom is -0.299 e. The zero-order valence-electron chi connectivity index (χ0n) is 9.10. The molecule has 0 radical (unpaired) electrons. The van der Waals surface area contributed by atoms with Gasteiger partial charge in [-0.05, 0) is 13.0 Å². The summed E-state index contributed by atoms with van der Waals surface area (Å²) in [5.74, 6) is 0.438. The molecule has 1 aromatic carbocycles. The smallest absolute Gasteiger partial charge is 0.296 e. The number of nitrogens with zero attached hydrogens (tertiary/aromatic N) is 3. The van der Waals surface area contributed by atoms with E-state index in [4.69, 9.17) is 0 Å². The van der Waals surface area contributed by atoms with Crippen LogP contribution in [0.4, 0.5) is 5.69 Å². The number of fused-ring (bicyclic) bond motifs is 1. The van der Waals surface area contributed by atoms with Crippen molar-refractivity contribution in [3.63, 3.8) is 0 Å². The summed E-state index contributed by atoms with van der Waals surface area (Å²) >= 11 is 3.15. The number of aryl methyl sites for hydroxylation is 1. The van der Waals surface area contributed by atoms with Gasteiger partial charge in [0.15, 0.2) is 5.52 Å². The second-order valence-electron chi connectivity index (χ2n) is 3.60. The van der Waals surface area contributed by atoms with E-state index in [9.17, 15) is 14.9 Å². The van der Waals surface area contributed by atoms with E-state index >= 15 is 0 Å².